The van der Waals surface area contributed by atoms with Crippen molar-refractivity contribution in [2.24, 2.45) is 11.1 Å². The molecule has 0 radical (unpaired) electrons. The minimum absolute atomic E-state index is 0.0803. The third-order valence-corrected chi connectivity index (χ3v) is 5.63. The Hall–Kier alpha value is -0.700. The summed E-state index contributed by atoms with van der Waals surface area (Å²) in [4.78, 5) is 6.12. The third kappa shape index (κ3) is 3.00. The lowest BCUT2D eigenvalue weighted by atomic mass is 9.94. The fraction of sp³-hybridized carbons (Fsp3) is 0.700. The molecule has 1 saturated heterocycles. The number of rotatable bonds is 3. The van der Waals surface area contributed by atoms with Crippen LogP contribution in [0.1, 0.15) is 19.8 Å². The average Bonchev–Trinajstić information content (AvgIpc) is 2.78. The number of piperidine rings is 1. The summed E-state index contributed by atoms with van der Waals surface area (Å²) in [6.45, 7) is 3.32. The predicted molar refractivity (Wildman–Crippen MR) is 70.1 cm³/mol. The second-order valence-corrected chi connectivity index (χ2v) is 7.39. The van der Waals surface area contributed by atoms with Gasteiger partial charge in [-0.15, -0.1) is 0 Å². The van der Waals surface area contributed by atoms with Crippen molar-refractivity contribution in [2.45, 2.75) is 30.1 Å². The number of hydrogen-bond acceptors (Lipinski definition) is 6. The van der Waals surface area contributed by atoms with Crippen molar-refractivity contribution < 1.29 is 13.5 Å². The minimum atomic E-state index is -3.67. The van der Waals surface area contributed by atoms with E-state index in [4.69, 9.17) is 5.14 Å². The number of thiazole rings is 1. The fourth-order valence-corrected chi connectivity index (χ4v) is 3.68. The number of primary sulfonamides is 1. The second-order valence-electron chi connectivity index (χ2n) is 4.60. The Morgan fingerprint density at radius 2 is 2.39 bits per heavy atom. The van der Waals surface area contributed by atoms with Crippen molar-refractivity contribution >= 4 is 26.5 Å². The van der Waals surface area contributed by atoms with Crippen LogP contribution >= 0.6 is 11.3 Å². The standard InChI is InChI=1S/C10H17N3O3S2/c1-7(14)8-3-2-4-13(6-8)10-12-5-9(17-10)18(11,15)16/h5,7-8,14H,2-4,6H2,1H3,(H2,11,15,16). The fourth-order valence-electron chi connectivity index (χ4n) is 2.11. The van der Waals surface area contributed by atoms with Crippen LogP contribution in [0.5, 0.6) is 0 Å². The normalized spacial score (nSPS) is 23.1. The molecule has 2 atom stereocenters. The molecule has 18 heavy (non-hydrogen) atoms. The van der Waals surface area contributed by atoms with Gasteiger partial charge in [-0.25, -0.2) is 18.5 Å². The van der Waals surface area contributed by atoms with E-state index in [1.54, 1.807) is 6.92 Å². The van der Waals surface area contributed by atoms with Crippen LogP contribution in [-0.4, -0.2) is 37.7 Å². The Morgan fingerprint density at radius 3 is 2.94 bits per heavy atom. The number of aromatic nitrogens is 1. The number of nitrogens with zero attached hydrogens (tertiary/aromatic N) is 2. The van der Waals surface area contributed by atoms with E-state index in [9.17, 15) is 13.5 Å². The number of sulfonamides is 1. The molecule has 2 rings (SSSR count). The largest absolute Gasteiger partial charge is 0.393 e. The van der Waals surface area contributed by atoms with Gasteiger partial charge in [-0.3, -0.25) is 0 Å². The molecular weight excluding hydrogens is 274 g/mol. The van der Waals surface area contributed by atoms with E-state index >= 15 is 0 Å². The van der Waals surface area contributed by atoms with E-state index in [0.717, 1.165) is 30.7 Å². The molecule has 1 aliphatic rings. The molecule has 2 unspecified atom stereocenters. The maximum atomic E-state index is 11.2. The van der Waals surface area contributed by atoms with Crippen LogP contribution in [0.2, 0.25) is 0 Å². The summed E-state index contributed by atoms with van der Waals surface area (Å²) in [5, 5.41) is 15.3. The van der Waals surface area contributed by atoms with Crippen molar-refractivity contribution in [1.29, 1.82) is 0 Å². The van der Waals surface area contributed by atoms with Crippen LogP contribution in [0.4, 0.5) is 5.13 Å². The van der Waals surface area contributed by atoms with E-state index in [-0.39, 0.29) is 16.2 Å². The van der Waals surface area contributed by atoms with Gasteiger partial charge < -0.3 is 10.0 Å². The summed E-state index contributed by atoms with van der Waals surface area (Å²) in [6.07, 6.45) is 2.90. The Bertz CT molecular complexity index is 512. The SMILES string of the molecule is CC(O)C1CCCN(c2ncc(S(N)(=O)=O)s2)C1. The highest BCUT2D eigenvalue weighted by Gasteiger charge is 2.26. The summed E-state index contributed by atoms with van der Waals surface area (Å²) in [7, 11) is -3.67. The zero-order valence-corrected chi connectivity index (χ0v) is 11.7. The van der Waals surface area contributed by atoms with E-state index < -0.39 is 10.0 Å². The van der Waals surface area contributed by atoms with Crippen LogP contribution < -0.4 is 10.0 Å². The van der Waals surface area contributed by atoms with Crippen LogP contribution in [0, 0.1) is 5.92 Å². The maximum absolute atomic E-state index is 11.2. The molecule has 2 heterocycles. The first-order valence-electron chi connectivity index (χ1n) is 5.79. The Balaban J connectivity index is 2.14. The zero-order valence-electron chi connectivity index (χ0n) is 10.1. The van der Waals surface area contributed by atoms with Crippen molar-refractivity contribution in [1.82, 2.24) is 4.98 Å². The summed E-state index contributed by atoms with van der Waals surface area (Å²) in [6, 6.07) is 0. The molecule has 0 bridgehead atoms. The molecule has 0 amide bonds. The highest BCUT2D eigenvalue weighted by molar-refractivity contribution is 7.91. The molecule has 0 aliphatic carbocycles. The number of anilines is 1. The lowest BCUT2D eigenvalue weighted by molar-refractivity contribution is 0.115. The molecule has 0 aromatic carbocycles. The van der Waals surface area contributed by atoms with Gasteiger partial charge in [0.2, 0.25) is 10.0 Å². The van der Waals surface area contributed by atoms with E-state index in [1.807, 2.05) is 4.90 Å². The van der Waals surface area contributed by atoms with Crippen LogP contribution in [-0.2, 0) is 10.0 Å². The molecule has 6 nitrogen and oxygen atoms in total. The third-order valence-electron chi connectivity index (χ3n) is 3.16. The zero-order chi connectivity index (χ0) is 13.3. The van der Waals surface area contributed by atoms with Crippen molar-refractivity contribution in [3.8, 4) is 0 Å². The van der Waals surface area contributed by atoms with Gasteiger partial charge in [0.15, 0.2) is 9.34 Å². The monoisotopic (exact) mass is 291 g/mol. The second kappa shape index (κ2) is 5.12. The Morgan fingerprint density at radius 1 is 1.67 bits per heavy atom. The minimum Gasteiger partial charge on any atom is -0.393 e. The van der Waals surface area contributed by atoms with Crippen molar-refractivity contribution in [3.63, 3.8) is 0 Å². The Kier molecular flexibility index (Phi) is 3.90. The average molecular weight is 291 g/mol. The molecule has 1 aromatic rings. The van der Waals surface area contributed by atoms with Gasteiger partial charge in [0.05, 0.1) is 12.3 Å². The highest BCUT2D eigenvalue weighted by atomic mass is 32.2. The first-order valence-corrected chi connectivity index (χ1v) is 8.16. The molecule has 0 saturated carbocycles. The summed E-state index contributed by atoms with van der Waals surface area (Å²) >= 11 is 1.08. The summed E-state index contributed by atoms with van der Waals surface area (Å²) in [5.74, 6) is 0.209. The number of aliphatic hydroxyl groups excluding tert-OH is 1. The lowest BCUT2D eigenvalue weighted by Crippen LogP contribution is -2.39. The first kappa shape index (κ1) is 13.7. The van der Waals surface area contributed by atoms with Gasteiger partial charge in [-0.1, -0.05) is 11.3 Å². The molecule has 102 valence electrons. The molecule has 0 spiro atoms. The maximum Gasteiger partial charge on any atom is 0.249 e. The number of aliphatic hydroxyl groups is 1. The van der Waals surface area contributed by atoms with E-state index in [2.05, 4.69) is 4.98 Å². The lowest BCUT2D eigenvalue weighted by Gasteiger charge is -2.33. The number of nitrogens with two attached hydrogens (primary N) is 1. The van der Waals surface area contributed by atoms with Crippen LogP contribution in [0.25, 0.3) is 0 Å². The topological polar surface area (TPSA) is 96.5 Å². The number of hydrogen-bond donors (Lipinski definition) is 2. The Labute approximate surface area is 110 Å². The van der Waals surface area contributed by atoms with Gasteiger partial charge >= 0.3 is 0 Å². The molecule has 1 aromatic heterocycles. The smallest absolute Gasteiger partial charge is 0.249 e. The highest BCUT2D eigenvalue weighted by Crippen LogP contribution is 2.29. The van der Waals surface area contributed by atoms with Gasteiger partial charge in [-0.2, -0.15) is 0 Å². The van der Waals surface area contributed by atoms with E-state index in [0.29, 0.717) is 11.7 Å². The molecule has 8 heteroatoms. The van der Waals surface area contributed by atoms with Gasteiger partial charge in [-0.05, 0) is 19.8 Å². The van der Waals surface area contributed by atoms with Crippen LogP contribution in [0.15, 0.2) is 10.4 Å². The van der Waals surface area contributed by atoms with Gasteiger partial charge in [0.1, 0.15) is 0 Å². The van der Waals surface area contributed by atoms with Gasteiger partial charge in [0.25, 0.3) is 0 Å². The molecule has 3 N–H and O–H groups in total. The summed E-state index contributed by atoms with van der Waals surface area (Å²) < 4.78 is 22.5. The molecule has 1 fully saturated rings. The quantitative estimate of drug-likeness (QED) is 0.839. The molecular formula is C10H17N3O3S2. The van der Waals surface area contributed by atoms with E-state index in [1.165, 1.54) is 6.20 Å². The summed E-state index contributed by atoms with van der Waals surface area (Å²) in [5.41, 5.74) is 0. The predicted octanol–water partition coefficient (Wildman–Crippen LogP) is 0.388. The van der Waals surface area contributed by atoms with Gasteiger partial charge in [0, 0.05) is 19.0 Å². The molecule has 1 aliphatic heterocycles. The van der Waals surface area contributed by atoms with Crippen molar-refractivity contribution in [2.75, 3.05) is 18.0 Å². The first-order chi connectivity index (χ1) is 8.38. The van der Waals surface area contributed by atoms with Crippen molar-refractivity contribution in [3.05, 3.63) is 6.20 Å². The van der Waals surface area contributed by atoms with Crippen LogP contribution in [0.3, 0.4) is 0 Å².